The second kappa shape index (κ2) is 6.07. The predicted octanol–water partition coefficient (Wildman–Crippen LogP) is 4.07. The fourth-order valence-corrected chi connectivity index (χ4v) is 3.46. The summed E-state index contributed by atoms with van der Waals surface area (Å²) >= 11 is 3.35. The molecule has 0 spiro atoms. The van der Waals surface area contributed by atoms with E-state index in [1.165, 1.54) is 19.3 Å². The summed E-state index contributed by atoms with van der Waals surface area (Å²) in [5.41, 5.74) is 0.969. The Hall–Kier alpha value is -0.540. The van der Waals surface area contributed by atoms with Crippen molar-refractivity contribution in [3.8, 4) is 5.75 Å². The van der Waals surface area contributed by atoms with Crippen LogP contribution in [0, 0.1) is 11.8 Å². The van der Waals surface area contributed by atoms with Crippen molar-refractivity contribution in [1.29, 1.82) is 0 Å². The number of halogens is 1. The molecule has 1 aliphatic carbocycles. The van der Waals surface area contributed by atoms with E-state index in [1.807, 2.05) is 18.2 Å². The van der Waals surface area contributed by atoms with Crippen molar-refractivity contribution in [2.24, 2.45) is 11.8 Å². The lowest BCUT2D eigenvalue weighted by atomic mass is 9.93. The maximum Gasteiger partial charge on any atom is 0.134 e. The molecule has 3 unspecified atom stereocenters. The average Bonchev–Trinajstić information content (AvgIpc) is 2.72. The minimum Gasteiger partial charge on any atom is -0.506 e. The van der Waals surface area contributed by atoms with E-state index in [0.29, 0.717) is 11.8 Å². The summed E-state index contributed by atoms with van der Waals surface area (Å²) < 4.78 is 0.771. The molecule has 2 N–H and O–H groups in total. The lowest BCUT2D eigenvalue weighted by Gasteiger charge is -2.21. The van der Waals surface area contributed by atoms with Crippen molar-refractivity contribution >= 4 is 15.9 Å². The molecule has 1 aromatic carbocycles. The molecule has 3 heteroatoms. The maximum atomic E-state index is 9.95. The zero-order valence-corrected chi connectivity index (χ0v) is 12.7. The van der Waals surface area contributed by atoms with Crippen LogP contribution < -0.4 is 5.32 Å². The minimum absolute atomic E-state index is 0.364. The first-order chi connectivity index (χ1) is 8.63. The molecule has 0 aliphatic heterocycles. The smallest absolute Gasteiger partial charge is 0.134 e. The average molecular weight is 312 g/mol. The molecule has 0 saturated heterocycles. The summed E-state index contributed by atoms with van der Waals surface area (Å²) in [7, 11) is 0. The molecule has 0 aromatic heterocycles. The normalized spacial score (nSPS) is 27.6. The predicted molar refractivity (Wildman–Crippen MR) is 78.6 cm³/mol. The van der Waals surface area contributed by atoms with Crippen LogP contribution in [0.2, 0.25) is 0 Å². The van der Waals surface area contributed by atoms with Crippen LogP contribution >= 0.6 is 15.9 Å². The zero-order chi connectivity index (χ0) is 13.1. The third-order valence-corrected chi connectivity index (χ3v) is 5.02. The Morgan fingerprint density at radius 1 is 1.39 bits per heavy atom. The van der Waals surface area contributed by atoms with E-state index in [9.17, 15) is 5.11 Å². The Morgan fingerprint density at radius 3 is 2.83 bits per heavy atom. The third kappa shape index (κ3) is 2.89. The molecule has 0 heterocycles. The molecule has 1 aliphatic rings. The van der Waals surface area contributed by atoms with Crippen molar-refractivity contribution in [3.05, 3.63) is 28.2 Å². The number of aromatic hydroxyl groups is 1. The number of nitrogens with one attached hydrogen (secondary N) is 1. The number of benzene rings is 1. The van der Waals surface area contributed by atoms with Gasteiger partial charge in [-0.25, -0.2) is 0 Å². The van der Waals surface area contributed by atoms with Gasteiger partial charge in [-0.3, -0.25) is 0 Å². The van der Waals surface area contributed by atoms with Gasteiger partial charge in [-0.2, -0.15) is 0 Å². The van der Waals surface area contributed by atoms with Crippen LogP contribution in [0.4, 0.5) is 0 Å². The van der Waals surface area contributed by atoms with Crippen molar-refractivity contribution in [2.75, 3.05) is 0 Å². The third-order valence-electron chi connectivity index (χ3n) is 4.38. The number of phenols is 1. The first kappa shape index (κ1) is 13.9. The first-order valence-electron chi connectivity index (χ1n) is 6.83. The SMILES string of the molecule is CCC1CCC(NCc2cccc(Br)c2O)C1C. The topological polar surface area (TPSA) is 32.3 Å². The molecule has 2 rings (SSSR count). The molecule has 2 nitrogen and oxygen atoms in total. The summed E-state index contributed by atoms with van der Waals surface area (Å²) in [4.78, 5) is 0. The Kier molecular flexibility index (Phi) is 4.68. The van der Waals surface area contributed by atoms with Crippen LogP contribution in [0.3, 0.4) is 0 Å². The van der Waals surface area contributed by atoms with Gasteiger partial charge in [0.2, 0.25) is 0 Å². The van der Waals surface area contributed by atoms with E-state index >= 15 is 0 Å². The molecule has 0 amide bonds. The standard InChI is InChI=1S/C15H22BrNO/c1-3-11-7-8-14(10(11)2)17-9-12-5-4-6-13(16)15(12)18/h4-6,10-11,14,17-18H,3,7-9H2,1-2H3. The second-order valence-corrected chi connectivity index (χ2v) is 6.19. The molecule has 1 saturated carbocycles. The maximum absolute atomic E-state index is 9.95. The summed E-state index contributed by atoms with van der Waals surface area (Å²) in [6.07, 6.45) is 3.87. The van der Waals surface area contributed by atoms with Gasteiger partial charge in [0.1, 0.15) is 5.75 Å². The highest BCUT2D eigenvalue weighted by Crippen LogP contribution is 2.34. The van der Waals surface area contributed by atoms with E-state index in [2.05, 4.69) is 35.1 Å². The number of para-hydroxylation sites is 1. The van der Waals surface area contributed by atoms with Gasteiger partial charge in [-0.05, 0) is 46.7 Å². The molecule has 3 atom stereocenters. The van der Waals surface area contributed by atoms with Crippen LogP contribution in [0.1, 0.15) is 38.7 Å². The van der Waals surface area contributed by atoms with Crippen LogP contribution in [0.25, 0.3) is 0 Å². The largest absolute Gasteiger partial charge is 0.506 e. The molecule has 0 bridgehead atoms. The van der Waals surface area contributed by atoms with Gasteiger partial charge in [-0.15, -0.1) is 0 Å². The Bertz CT molecular complexity index is 407. The molecule has 1 aromatic rings. The molecule has 100 valence electrons. The first-order valence-corrected chi connectivity index (χ1v) is 7.62. The fourth-order valence-electron chi connectivity index (χ4n) is 3.06. The highest BCUT2D eigenvalue weighted by molar-refractivity contribution is 9.10. The van der Waals surface area contributed by atoms with E-state index < -0.39 is 0 Å². The quantitative estimate of drug-likeness (QED) is 0.878. The minimum atomic E-state index is 0.364. The van der Waals surface area contributed by atoms with Gasteiger partial charge in [0.25, 0.3) is 0 Å². The summed E-state index contributed by atoms with van der Waals surface area (Å²) in [6, 6.07) is 6.40. The van der Waals surface area contributed by atoms with Crippen LogP contribution in [0.5, 0.6) is 5.75 Å². The summed E-state index contributed by atoms with van der Waals surface area (Å²) in [5.74, 6) is 1.96. The van der Waals surface area contributed by atoms with Crippen molar-refractivity contribution in [1.82, 2.24) is 5.32 Å². The molecular formula is C15H22BrNO. The van der Waals surface area contributed by atoms with Crippen LogP contribution in [-0.4, -0.2) is 11.1 Å². The Balaban J connectivity index is 1.94. The van der Waals surface area contributed by atoms with Crippen LogP contribution in [0.15, 0.2) is 22.7 Å². The molecule has 0 radical (unpaired) electrons. The van der Waals surface area contributed by atoms with Gasteiger partial charge >= 0.3 is 0 Å². The molecular weight excluding hydrogens is 290 g/mol. The number of hydrogen-bond donors (Lipinski definition) is 2. The Labute approximate surface area is 118 Å². The lowest BCUT2D eigenvalue weighted by molar-refractivity contribution is 0.342. The highest BCUT2D eigenvalue weighted by Gasteiger charge is 2.30. The van der Waals surface area contributed by atoms with Crippen molar-refractivity contribution in [3.63, 3.8) is 0 Å². The summed E-state index contributed by atoms with van der Waals surface area (Å²) in [5, 5.41) is 13.5. The van der Waals surface area contributed by atoms with E-state index in [4.69, 9.17) is 0 Å². The van der Waals surface area contributed by atoms with Gasteiger partial charge in [0.15, 0.2) is 0 Å². The Morgan fingerprint density at radius 2 is 2.17 bits per heavy atom. The molecule has 18 heavy (non-hydrogen) atoms. The lowest BCUT2D eigenvalue weighted by Crippen LogP contribution is -2.32. The molecule has 1 fully saturated rings. The van der Waals surface area contributed by atoms with Crippen molar-refractivity contribution in [2.45, 2.75) is 45.7 Å². The second-order valence-electron chi connectivity index (χ2n) is 5.34. The fraction of sp³-hybridized carbons (Fsp3) is 0.600. The van der Waals surface area contributed by atoms with Gasteiger partial charge in [0.05, 0.1) is 4.47 Å². The summed E-state index contributed by atoms with van der Waals surface area (Å²) in [6.45, 7) is 5.37. The monoisotopic (exact) mass is 311 g/mol. The number of phenolic OH excluding ortho intramolecular Hbond substituents is 1. The van der Waals surface area contributed by atoms with E-state index in [0.717, 1.165) is 28.4 Å². The highest BCUT2D eigenvalue weighted by atomic mass is 79.9. The van der Waals surface area contributed by atoms with Gasteiger partial charge < -0.3 is 10.4 Å². The number of rotatable bonds is 4. The van der Waals surface area contributed by atoms with Crippen LogP contribution in [-0.2, 0) is 6.54 Å². The van der Waals surface area contributed by atoms with Gasteiger partial charge in [0, 0.05) is 18.2 Å². The number of hydrogen-bond acceptors (Lipinski definition) is 2. The van der Waals surface area contributed by atoms with Gasteiger partial charge in [-0.1, -0.05) is 32.4 Å². The van der Waals surface area contributed by atoms with Crippen molar-refractivity contribution < 1.29 is 5.11 Å². The van der Waals surface area contributed by atoms with E-state index in [-0.39, 0.29) is 0 Å². The zero-order valence-electron chi connectivity index (χ0n) is 11.1. The van der Waals surface area contributed by atoms with E-state index in [1.54, 1.807) is 0 Å².